The molecule has 0 aliphatic heterocycles. The monoisotopic (exact) mass is 405 g/mol. The SMILES string of the molecule is CC(Cl)c1nc2cc(I)ccc2n1CCCCC(N)=O. The molecule has 0 saturated heterocycles. The summed E-state index contributed by atoms with van der Waals surface area (Å²) in [5.74, 6) is 0.628. The second-order valence-electron chi connectivity index (χ2n) is 4.79. The molecule has 0 spiro atoms. The molecule has 108 valence electrons. The van der Waals surface area contributed by atoms with Gasteiger partial charge in [-0.2, -0.15) is 0 Å². The summed E-state index contributed by atoms with van der Waals surface area (Å²) in [4.78, 5) is 15.4. The number of primary amides is 1. The number of nitrogens with two attached hydrogens (primary N) is 1. The van der Waals surface area contributed by atoms with Crippen LogP contribution in [0.25, 0.3) is 11.0 Å². The van der Waals surface area contributed by atoms with Crippen molar-refractivity contribution in [2.45, 2.75) is 38.1 Å². The Labute approximate surface area is 136 Å². The number of rotatable bonds is 6. The topological polar surface area (TPSA) is 60.9 Å². The van der Waals surface area contributed by atoms with E-state index in [0.29, 0.717) is 6.42 Å². The third-order valence-corrected chi connectivity index (χ3v) is 4.02. The van der Waals surface area contributed by atoms with Crippen molar-refractivity contribution in [3.63, 3.8) is 0 Å². The fourth-order valence-corrected chi connectivity index (χ4v) is 2.87. The summed E-state index contributed by atoms with van der Waals surface area (Å²) in [5.41, 5.74) is 7.21. The summed E-state index contributed by atoms with van der Waals surface area (Å²) < 4.78 is 3.30. The Bertz CT molecular complexity index is 624. The van der Waals surface area contributed by atoms with Gasteiger partial charge >= 0.3 is 0 Å². The highest BCUT2D eigenvalue weighted by Gasteiger charge is 2.14. The van der Waals surface area contributed by atoms with Crippen molar-refractivity contribution in [2.24, 2.45) is 5.73 Å². The van der Waals surface area contributed by atoms with Crippen LogP contribution < -0.4 is 5.73 Å². The minimum atomic E-state index is -0.249. The van der Waals surface area contributed by atoms with Crippen molar-refractivity contribution in [3.05, 3.63) is 27.6 Å². The minimum Gasteiger partial charge on any atom is -0.370 e. The molecule has 20 heavy (non-hydrogen) atoms. The first kappa shape index (κ1) is 15.6. The van der Waals surface area contributed by atoms with E-state index in [1.807, 2.05) is 6.92 Å². The van der Waals surface area contributed by atoms with Gasteiger partial charge in [0.05, 0.1) is 16.4 Å². The van der Waals surface area contributed by atoms with Gasteiger partial charge in [0, 0.05) is 16.5 Å². The molecule has 4 nitrogen and oxygen atoms in total. The van der Waals surface area contributed by atoms with Crippen molar-refractivity contribution >= 4 is 51.1 Å². The van der Waals surface area contributed by atoms with Gasteiger partial charge in [0.15, 0.2) is 0 Å². The van der Waals surface area contributed by atoms with Gasteiger partial charge in [-0.1, -0.05) is 0 Å². The third kappa shape index (κ3) is 3.63. The number of alkyl halides is 1. The first-order valence-electron chi connectivity index (χ1n) is 6.57. The largest absolute Gasteiger partial charge is 0.370 e. The number of aryl methyl sites for hydroxylation is 1. The summed E-state index contributed by atoms with van der Waals surface area (Å²) in [5, 5.41) is -0.142. The molecule has 6 heteroatoms. The summed E-state index contributed by atoms with van der Waals surface area (Å²) in [7, 11) is 0. The summed E-state index contributed by atoms with van der Waals surface area (Å²) in [6.07, 6.45) is 2.10. The normalized spacial score (nSPS) is 12.8. The van der Waals surface area contributed by atoms with Crippen LogP contribution in [0.1, 0.15) is 37.4 Å². The van der Waals surface area contributed by atoms with Crippen LogP contribution in [-0.2, 0) is 11.3 Å². The highest BCUT2D eigenvalue weighted by atomic mass is 127. The van der Waals surface area contributed by atoms with Crippen LogP contribution in [0.3, 0.4) is 0 Å². The number of amides is 1. The number of fused-ring (bicyclic) bond motifs is 1. The van der Waals surface area contributed by atoms with Gasteiger partial charge in [0.2, 0.25) is 5.91 Å². The van der Waals surface area contributed by atoms with Crippen molar-refractivity contribution in [1.29, 1.82) is 0 Å². The quantitative estimate of drug-likeness (QED) is 0.453. The standard InChI is InChI=1S/C14H17ClIN3O/c1-9(15)14-18-11-8-10(16)5-6-12(11)19(14)7-3-2-4-13(17)20/h5-6,8-9H,2-4,7H2,1H3,(H2,17,20). The molecule has 0 radical (unpaired) electrons. The predicted molar refractivity (Wildman–Crippen MR) is 89.8 cm³/mol. The molecule has 2 rings (SSSR count). The highest BCUT2D eigenvalue weighted by Crippen LogP contribution is 2.26. The van der Waals surface area contributed by atoms with E-state index in [2.05, 4.69) is 50.3 Å². The van der Waals surface area contributed by atoms with Gasteiger partial charge in [-0.25, -0.2) is 4.98 Å². The van der Waals surface area contributed by atoms with Crippen molar-refractivity contribution < 1.29 is 4.79 Å². The maximum Gasteiger partial charge on any atom is 0.217 e. The van der Waals surface area contributed by atoms with Crippen LogP contribution in [0.15, 0.2) is 18.2 Å². The lowest BCUT2D eigenvalue weighted by molar-refractivity contribution is -0.118. The fraction of sp³-hybridized carbons (Fsp3) is 0.429. The molecule has 0 saturated carbocycles. The first-order valence-corrected chi connectivity index (χ1v) is 8.08. The van der Waals surface area contributed by atoms with Gasteiger partial charge < -0.3 is 10.3 Å². The summed E-state index contributed by atoms with van der Waals surface area (Å²) >= 11 is 8.50. The number of aromatic nitrogens is 2. The van der Waals surface area contributed by atoms with Crippen LogP contribution in [-0.4, -0.2) is 15.5 Å². The molecule has 2 aromatic rings. The number of benzene rings is 1. The number of carbonyl (C=O) groups excluding carboxylic acids is 1. The van der Waals surface area contributed by atoms with Crippen molar-refractivity contribution in [1.82, 2.24) is 9.55 Å². The summed E-state index contributed by atoms with van der Waals surface area (Å²) in [6.45, 7) is 2.73. The van der Waals surface area contributed by atoms with Crippen molar-refractivity contribution in [2.75, 3.05) is 0 Å². The van der Waals surface area contributed by atoms with Crippen LogP contribution in [0.5, 0.6) is 0 Å². The van der Waals surface area contributed by atoms with E-state index in [-0.39, 0.29) is 11.3 Å². The van der Waals surface area contributed by atoms with E-state index in [9.17, 15) is 4.79 Å². The van der Waals surface area contributed by atoms with Crippen LogP contribution in [0.2, 0.25) is 0 Å². The predicted octanol–water partition coefficient (Wildman–Crippen LogP) is 3.60. The van der Waals surface area contributed by atoms with Crippen molar-refractivity contribution in [3.8, 4) is 0 Å². The number of carbonyl (C=O) groups is 1. The van der Waals surface area contributed by atoms with E-state index >= 15 is 0 Å². The van der Waals surface area contributed by atoms with Gasteiger partial charge in [0.25, 0.3) is 0 Å². The maximum atomic E-state index is 10.8. The zero-order valence-electron chi connectivity index (χ0n) is 11.3. The second-order valence-corrected chi connectivity index (χ2v) is 6.69. The van der Waals surface area contributed by atoms with Gasteiger partial charge in [-0.05, 0) is 60.6 Å². The number of halogens is 2. The molecule has 1 unspecified atom stereocenters. The molecule has 1 aromatic carbocycles. The molecule has 1 heterocycles. The number of unbranched alkanes of at least 4 members (excludes halogenated alkanes) is 1. The zero-order valence-corrected chi connectivity index (χ0v) is 14.2. The molecular weight excluding hydrogens is 389 g/mol. The van der Waals surface area contributed by atoms with Gasteiger partial charge in [0.1, 0.15) is 5.82 Å². The zero-order chi connectivity index (χ0) is 14.7. The Morgan fingerprint density at radius 2 is 2.25 bits per heavy atom. The molecule has 1 amide bonds. The lowest BCUT2D eigenvalue weighted by Gasteiger charge is -2.10. The smallest absolute Gasteiger partial charge is 0.217 e. The lowest BCUT2D eigenvalue weighted by Crippen LogP contribution is -2.11. The second kappa shape index (κ2) is 6.76. The van der Waals surface area contributed by atoms with Crippen LogP contribution in [0.4, 0.5) is 0 Å². The Morgan fingerprint density at radius 3 is 2.90 bits per heavy atom. The maximum absolute atomic E-state index is 10.8. The van der Waals surface area contributed by atoms with Gasteiger partial charge in [-0.3, -0.25) is 4.79 Å². The third-order valence-electron chi connectivity index (χ3n) is 3.15. The van der Waals surface area contributed by atoms with Gasteiger partial charge in [-0.15, -0.1) is 11.6 Å². The Hall–Kier alpha value is -0.820. The highest BCUT2D eigenvalue weighted by molar-refractivity contribution is 14.1. The molecule has 0 aliphatic carbocycles. The molecule has 0 aliphatic rings. The molecule has 1 atom stereocenters. The number of imidazole rings is 1. The summed E-state index contributed by atoms with van der Waals surface area (Å²) in [6, 6.07) is 6.19. The fourth-order valence-electron chi connectivity index (χ4n) is 2.23. The van der Waals surface area contributed by atoms with E-state index in [0.717, 1.165) is 39.8 Å². The Balaban J connectivity index is 2.24. The van der Waals surface area contributed by atoms with E-state index in [1.54, 1.807) is 0 Å². The van der Waals surface area contributed by atoms with E-state index in [1.165, 1.54) is 0 Å². The minimum absolute atomic E-state index is 0.142. The number of hydrogen-bond acceptors (Lipinski definition) is 2. The molecular formula is C14H17ClIN3O. The van der Waals surface area contributed by atoms with Crippen LogP contribution in [0, 0.1) is 3.57 Å². The molecule has 1 aromatic heterocycles. The van der Waals surface area contributed by atoms with E-state index in [4.69, 9.17) is 17.3 Å². The number of hydrogen-bond donors (Lipinski definition) is 1. The molecule has 2 N–H and O–H groups in total. The first-order chi connectivity index (χ1) is 9.49. The number of nitrogens with zero attached hydrogens (tertiary/aromatic N) is 2. The Morgan fingerprint density at radius 1 is 1.50 bits per heavy atom. The lowest BCUT2D eigenvalue weighted by atomic mass is 10.2. The average Bonchev–Trinajstić information content (AvgIpc) is 2.72. The Kier molecular flexibility index (Phi) is 5.26. The van der Waals surface area contributed by atoms with E-state index < -0.39 is 0 Å². The molecule has 0 bridgehead atoms. The average molecular weight is 406 g/mol. The van der Waals surface area contributed by atoms with Crippen LogP contribution >= 0.6 is 34.2 Å². The molecule has 0 fully saturated rings.